The molecule has 0 aliphatic carbocycles. The third-order valence-corrected chi connectivity index (χ3v) is 2.13. The van der Waals surface area contributed by atoms with Crippen molar-refractivity contribution in [2.75, 3.05) is 0 Å². The quantitative estimate of drug-likeness (QED) is 0.168. The van der Waals surface area contributed by atoms with Gasteiger partial charge in [-0.05, 0) is 13.8 Å². The second-order valence-corrected chi connectivity index (χ2v) is 4.89. The molecule has 0 saturated carbocycles. The molecule has 0 fully saturated rings. The van der Waals surface area contributed by atoms with E-state index in [1.807, 2.05) is 0 Å². The van der Waals surface area contributed by atoms with Crippen LogP contribution in [-0.2, 0) is 33.9 Å². The summed E-state index contributed by atoms with van der Waals surface area (Å²) >= 11 is 0. The fourth-order valence-corrected chi connectivity index (χ4v) is 1.33. The van der Waals surface area contributed by atoms with Crippen LogP contribution >= 0.6 is 0 Å². The normalized spacial score (nSPS) is 11.6. The molecule has 1 radical (unpaired) electrons. The van der Waals surface area contributed by atoms with Gasteiger partial charge in [-0.25, -0.2) is 0 Å². The maximum Gasteiger partial charge on any atom is 0.348 e. The van der Waals surface area contributed by atoms with Crippen LogP contribution in [0.25, 0.3) is 0 Å². The molecular formula is C15H22N2O10Rh. The van der Waals surface area contributed by atoms with E-state index < -0.39 is 44.3 Å². The number of Topliss-reactive ketones (excluding diaryl/α,β-unsaturated/α-hetero) is 2. The molecule has 0 unspecified atom stereocenters. The van der Waals surface area contributed by atoms with E-state index in [4.69, 9.17) is 15.3 Å². The average Bonchev–Trinajstić information content (AvgIpc) is 2.34. The van der Waals surface area contributed by atoms with Crippen LogP contribution in [0, 0.1) is 20.2 Å². The molecule has 0 spiro atoms. The van der Waals surface area contributed by atoms with Gasteiger partial charge in [0.05, 0.1) is 15.6 Å². The first-order chi connectivity index (χ1) is 12.1. The van der Waals surface area contributed by atoms with E-state index in [2.05, 4.69) is 0 Å². The number of hydrogen-bond donors (Lipinski definition) is 3. The summed E-state index contributed by atoms with van der Waals surface area (Å²) in [4.78, 5) is 48.8. The molecule has 161 valence electrons. The van der Waals surface area contributed by atoms with Gasteiger partial charge in [-0.3, -0.25) is 34.6 Å². The maximum atomic E-state index is 10.4. The van der Waals surface area contributed by atoms with Crippen LogP contribution in [0.5, 0.6) is 0 Å². The van der Waals surface area contributed by atoms with Crippen LogP contribution in [0.3, 0.4) is 0 Å². The number of carbonyl (C=O) groups is 3. The van der Waals surface area contributed by atoms with E-state index in [1.54, 1.807) is 0 Å². The number of hydrogen-bond acceptors (Lipinski definition) is 10. The number of nitro groups is 2. The molecule has 0 aromatic heterocycles. The molecule has 0 aliphatic rings. The Morgan fingerprint density at radius 2 is 0.964 bits per heavy atom. The Balaban J connectivity index is -0.000000154. The number of rotatable bonds is 5. The number of aliphatic hydroxyl groups excluding tert-OH is 3. The Hall–Kier alpha value is -2.95. The predicted molar refractivity (Wildman–Crippen MR) is 93.1 cm³/mol. The molecule has 3 N–H and O–H groups in total. The van der Waals surface area contributed by atoms with E-state index in [1.165, 1.54) is 19.9 Å². The summed E-state index contributed by atoms with van der Waals surface area (Å²) < 4.78 is 0. The van der Waals surface area contributed by atoms with E-state index in [0.717, 1.165) is 27.7 Å². The standard InChI is InChI=1S/2C5H7NO4.C5H8O2.Rh/c2*1-3(7)5(4(2)8)6(9)10;1-4(6)3-5(2)7;/h2*7H,1-2H3;3,6H,1-2H3;/b2*5-3+;4-3-;. The van der Waals surface area contributed by atoms with Crippen LogP contribution in [0.1, 0.15) is 41.5 Å². The molecule has 12 nitrogen and oxygen atoms in total. The molecule has 0 atom stereocenters. The monoisotopic (exact) mass is 493 g/mol. The van der Waals surface area contributed by atoms with Crippen molar-refractivity contribution in [1.29, 1.82) is 0 Å². The molecule has 0 saturated heterocycles. The van der Waals surface area contributed by atoms with Gasteiger partial charge < -0.3 is 15.3 Å². The van der Waals surface area contributed by atoms with Crippen LogP contribution in [0.2, 0.25) is 0 Å². The number of aliphatic hydroxyl groups is 3. The fraction of sp³-hybridized carbons (Fsp3) is 0.400. The smallest absolute Gasteiger partial charge is 0.348 e. The maximum absolute atomic E-state index is 10.4. The van der Waals surface area contributed by atoms with Gasteiger partial charge >= 0.3 is 11.4 Å². The summed E-state index contributed by atoms with van der Waals surface area (Å²) in [5, 5.41) is 45.4. The second-order valence-electron chi connectivity index (χ2n) is 4.89. The van der Waals surface area contributed by atoms with Crippen molar-refractivity contribution in [3.63, 3.8) is 0 Å². The molecule has 0 bridgehead atoms. The molecule has 0 aromatic carbocycles. The summed E-state index contributed by atoms with van der Waals surface area (Å²) in [7, 11) is 0. The van der Waals surface area contributed by atoms with Crippen molar-refractivity contribution in [3.8, 4) is 0 Å². The summed E-state index contributed by atoms with van der Waals surface area (Å²) in [6.07, 6.45) is 1.17. The van der Waals surface area contributed by atoms with Crippen molar-refractivity contribution in [1.82, 2.24) is 0 Å². The third kappa shape index (κ3) is 17.9. The molecule has 0 aromatic rings. The topological polar surface area (TPSA) is 198 Å². The second kappa shape index (κ2) is 16.2. The van der Waals surface area contributed by atoms with Gasteiger partial charge in [0, 0.05) is 53.2 Å². The third-order valence-electron chi connectivity index (χ3n) is 2.13. The van der Waals surface area contributed by atoms with Crippen LogP contribution in [0.15, 0.2) is 34.7 Å². The molecule has 0 rings (SSSR count). The van der Waals surface area contributed by atoms with Crippen LogP contribution in [0.4, 0.5) is 0 Å². The molecule has 13 heteroatoms. The van der Waals surface area contributed by atoms with Crippen molar-refractivity contribution in [2.24, 2.45) is 0 Å². The van der Waals surface area contributed by atoms with Gasteiger partial charge in [0.15, 0.2) is 17.3 Å². The van der Waals surface area contributed by atoms with Gasteiger partial charge in [0.1, 0.15) is 0 Å². The van der Waals surface area contributed by atoms with Crippen molar-refractivity contribution >= 4 is 17.3 Å². The van der Waals surface area contributed by atoms with Crippen molar-refractivity contribution in [3.05, 3.63) is 55.0 Å². The van der Waals surface area contributed by atoms with E-state index >= 15 is 0 Å². The van der Waals surface area contributed by atoms with Gasteiger partial charge in [0.25, 0.3) is 0 Å². The van der Waals surface area contributed by atoms with Crippen molar-refractivity contribution < 1.29 is 59.0 Å². The van der Waals surface area contributed by atoms with E-state index in [9.17, 15) is 34.6 Å². The first-order valence-electron chi connectivity index (χ1n) is 7.04. The zero-order chi connectivity index (χ0) is 22.5. The van der Waals surface area contributed by atoms with Gasteiger partial charge in [-0.2, -0.15) is 0 Å². The molecular weight excluding hydrogens is 471 g/mol. The Morgan fingerprint density at radius 3 is 0.964 bits per heavy atom. The van der Waals surface area contributed by atoms with E-state index in [0.29, 0.717) is 0 Å². The predicted octanol–water partition coefficient (Wildman–Crippen LogP) is 2.32. The van der Waals surface area contributed by atoms with Crippen molar-refractivity contribution in [2.45, 2.75) is 41.5 Å². The first-order valence-corrected chi connectivity index (χ1v) is 7.04. The van der Waals surface area contributed by atoms with Crippen LogP contribution in [-0.4, -0.2) is 42.5 Å². The summed E-state index contributed by atoms with van der Waals surface area (Å²) in [5.41, 5.74) is -1.50. The summed E-state index contributed by atoms with van der Waals surface area (Å²) in [6, 6.07) is 0. The Labute approximate surface area is 173 Å². The number of carbonyl (C=O) groups excluding carboxylic acids is 3. The molecule has 0 heterocycles. The molecule has 0 amide bonds. The van der Waals surface area contributed by atoms with E-state index in [-0.39, 0.29) is 31.0 Å². The number of allylic oxidation sites excluding steroid dienone is 6. The van der Waals surface area contributed by atoms with Gasteiger partial charge in [-0.15, -0.1) is 0 Å². The Kier molecular flexibility index (Phi) is 19.0. The van der Waals surface area contributed by atoms with Gasteiger partial charge in [-0.1, -0.05) is 0 Å². The fourth-order valence-electron chi connectivity index (χ4n) is 1.33. The Morgan fingerprint density at radius 1 is 0.714 bits per heavy atom. The SMILES string of the molecule is CC(=O)/C(=C(/C)O)[N+](=O)[O-].CC(=O)/C(=C(/C)O)[N+](=O)[O-].CC(=O)/C=C(/C)O.[Rh]. The Bertz CT molecular complexity index is 618. The molecule has 28 heavy (non-hydrogen) atoms. The number of ketones is 3. The van der Waals surface area contributed by atoms with Crippen LogP contribution < -0.4 is 0 Å². The average molecular weight is 493 g/mol. The number of nitrogens with zero attached hydrogens (tertiary/aromatic N) is 2. The minimum absolute atomic E-state index is 0. The zero-order valence-corrected chi connectivity index (χ0v) is 17.6. The summed E-state index contributed by atoms with van der Waals surface area (Å²) in [6.45, 7) is 7.09. The summed E-state index contributed by atoms with van der Waals surface area (Å²) in [5.74, 6) is -2.67. The minimum atomic E-state index is -0.905. The molecule has 0 aliphatic heterocycles. The van der Waals surface area contributed by atoms with Gasteiger partial charge in [0.2, 0.25) is 11.6 Å². The largest absolute Gasteiger partial charge is 0.512 e. The first kappa shape index (κ1) is 32.7. The minimum Gasteiger partial charge on any atom is -0.512 e. The zero-order valence-electron chi connectivity index (χ0n) is 16.0.